The van der Waals surface area contributed by atoms with E-state index in [4.69, 9.17) is 30.5 Å². The van der Waals surface area contributed by atoms with Crippen LogP contribution in [0.3, 0.4) is 0 Å². The summed E-state index contributed by atoms with van der Waals surface area (Å²) in [7, 11) is 1.59. The third-order valence-electron chi connectivity index (χ3n) is 4.89. The van der Waals surface area contributed by atoms with E-state index in [2.05, 4.69) is 20.8 Å². The zero-order chi connectivity index (χ0) is 21.1. The predicted molar refractivity (Wildman–Crippen MR) is 128 cm³/mol. The minimum atomic E-state index is -0.239. The molecule has 3 aromatic rings. The van der Waals surface area contributed by atoms with Crippen LogP contribution in [-0.2, 0) is 4.74 Å². The van der Waals surface area contributed by atoms with Crippen LogP contribution in [0, 0.1) is 0 Å². The molecule has 1 amide bonds. The van der Waals surface area contributed by atoms with Crippen molar-refractivity contribution in [2.75, 3.05) is 51.4 Å². The summed E-state index contributed by atoms with van der Waals surface area (Å²) in [6, 6.07) is 6.92. The van der Waals surface area contributed by atoms with Crippen LogP contribution in [0.4, 0.5) is 5.13 Å². The van der Waals surface area contributed by atoms with Gasteiger partial charge in [0.05, 0.1) is 30.0 Å². The van der Waals surface area contributed by atoms with Gasteiger partial charge in [-0.1, -0.05) is 22.9 Å². The number of aromatic nitrogens is 1. The van der Waals surface area contributed by atoms with Gasteiger partial charge in [-0.2, -0.15) is 0 Å². The van der Waals surface area contributed by atoms with Crippen molar-refractivity contribution in [2.45, 2.75) is 6.42 Å². The summed E-state index contributed by atoms with van der Waals surface area (Å²) in [6.07, 6.45) is 0.800. The van der Waals surface area contributed by atoms with Crippen molar-refractivity contribution in [1.29, 1.82) is 0 Å². The Bertz CT molecular complexity index is 1040. The second-order valence-corrected chi connectivity index (χ2v) is 8.96. The fourth-order valence-electron chi connectivity index (χ4n) is 3.34. The molecule has 0 spiro atoms. The average Bonchev–Trinajstić information content (AvgIpc) is 3.39. The Balaban J connectivity index is 0.00000272. The van der Waals surface area contributed by atoms with Crippen molar-refractivity contribution >= 4 is 72.5 Å². The molecule has 1 fully saturated rings. The number of methoxy groups -OCH3 is 1. The van der Waals surface area contributed by atoms with E-state index < -0.39 is 0 Å². The zero-order valence-corrected chi connectivity index (χ0v) is 20.8. The number of rotatable bonds is 7. The first kappa shape index (κ1) is 24.3. The maximum absolute atomic E-state index is 13.2. The zero-order valence-electron chi connectivity index (χ0n) is 16.8. The molecule has 11 heteroatoms. The van der Waals surface area contributed by atoms with E-state index in [9.17, 15) is 4.79 Å². The molecule has 168 valence electrons. The molecule has 1 aliphatic rings. The van der Waals surface area contributed by atoms with E-state index in [-0.39, 0.29) is 24.1 Å². The van der Waals surface area contributed by atoms with Gasteiger partial charge in [0.15, 0.2) is 15.6 Å². The number of furan rings is 1. The topological polar surface area (TPSA) is 68.0 Å². The number of halogens is 3. The fraction of sp³-hybridized carbons (Fsp3) is 0.400. The number of amides is 1. The number of hydrogen-bond acceptors (Lipinski definition) is 7. The maximum Gasteiger partial charge on any atom is 0.295 e. The van der Waals surface area contributed by atoms with Crippen LogP contribution in [0.15, 0.2) is 33.4 Å². The van der Waals surface area contributed by atoms with E-state index in [1.54, 1.807) is 36.3 Å². The molecule has 31 heavy (non-hydrogen) atoms. The molecule has 7 nitrogen and oxygen atoms in total. The predicted octanol–water partition coefficient (Wildman–Crippen LogP) is 5.10. The summed E-state index contributed by atoms with van der Waals surface area (Å²) in [5.74, 6) is 0.640. The average molecular weight is 551 g/mol. The lowest BCUT2D eigenvalue weighted by Crippen LogP contribution is -2.39. The van der Waals surface area contributed by atoms with Crippen LogP contribution < -0.4 is 9.64 Å². The van der Waals surface area contributed by atoms with Gasteiger partial charge in [0.2, 0.25) is 0 Å². The highest BCUT2D eigenvalue weighted by Gasteiger charge is 2.25. The molecule has 0 bridgehead atoms. The quantitative estimate of drug-likeness (QED) is 0.407. The van der Waals surface area contributed by atoms with Gasteiger partial charge in [-0.3, -0.25) is 14.6 Å². The summed E-state index contributed by atoms with van der Waals surface area (Å²) in [5, 5.41) is 1.15. The van der Waals surface area contributed by atoms with E-state index in [0.717, 1.165) is 44.0 Å². The van der Waals surface area contributed by atoms with Crippen LogP contribution in [0.5, 0.6) is 5.75 Å². The molecule has 1 aliphatic heterocycles. The van der Waals surface area contributed by atoms with Gasteiger partial charge in [0, 0.05) is 26.2 Å². The van der Waals surface area contributed by atoms with Crippen molar-refractivity contribution in [2.24, 2.45) is 0 Å². The number of thiazole rings is 1. The lowest BCUT2D eigenvalue weighted by molar-refractivity contribution is 0.0376. The van der Waals surface area contributed by atoms with Gasteiger partial charge >= 0.3 is 0 Å². The van der Waals surface area contributed by atoms with E-state index in [1.807, 2.05) is 0 Å². The SMILES string of the molecule is COc1ccc(Cl)c2sc(N(CCCN3CCOCC3)C(=O)c3ccc(Br)o3)nc12.Cl. The van der Waals surface area contributed by atoms with Gasteiger partial charge in [-0.05, 0) is 46.6 Å². The maximum atomic E-state index is 13.2. The van der Waals surface area contributed by atoms with Crippen molar-refractivity contribution in [3.63, 3.8) is 0 Å². The normalized spacial score (nSPS) is 14.4. The van der Waals surface area contributed by atoms with Crippen LogP contribution in [0.25, 0.3) is 10.2 Å². The number of hydrogen-bond donors (Lipinski definition) is 0. The summed E-state index contributed by atoms with van der Waals surface area (Å²) < 4.78 is 17.6. The molecular formula is C20H22BrCl2N3O4S. The van der Waals surface area contributed by atoms with Gasteiger partial charge in [-0.15, -0.1) is 12.4 Å². The largest absolute Gasteiger partial charge is 0.494 e. The lowest BCUT2D eigenvalue weighted by atomic mass is 10.3. The molecular weight excluding hydrogens is 529 g/mol. The number of carbonyl (C=O) groups excluding carboxylic acids is 1. The van der Waals surface area contributed by atoms with Crippen LogP contribution in [0.2, 0.25) is 5.02 Å². The Labute approximate surface area is 203 Å². The highest BCUT2D eigenvalue weighted by molar-refractivity contribution is 9.10. The Hall–Kier alpha value is -1.36. The number of fused-ring (bicyclic) bond motifs is 1. The molecule has 0 N–H and O–H groups in total. The number of anilines is 1. The first-order valence-corrected chi connectivity index (χ1v) is 11.6. The van der Waals surface area contributed by atoms with Gasteiger partial charge in [-0.25, -0.2) is 4.98 Å². The van der Waals surface area contributed by atoms with E-state index in [1.165, 1.54) is 11.3 Å². The first-order valence-electron chi connectivity index (χ1n) is 9.57. The second kappa shape index (κ2) is 11.0. The summed E-state index contributed by atoms with van der Waals surface area (Å²) in [6.45, 7) is 4.71. The van der Waals surface area contributed by atoms with Crippen molar-refractivity contribution < 1.29 is 18.7 Å². The Morgan fingerprint density at radius 3 is 2.77 bits per heavy atom. The molecule has 0 saturated carbocycles. The van der Waals surface area contributed by atoms with Crippen molar-refractivity contribution in [3.8, 4) is 5.75 Å². The van der Waals surface area contributed by atoms with Crippen LogP contribution >= 0.6 is 51.3 Å². The lowest BCUT2D eigenvalue weighted by Gasteiger charge is -2.27. The Kier molecular flexibility index (Phi) is 8.60. The second-order valence-electron chi connectivity index (χ2n) is 6.79. The highest BCUT2D eigenvalue weighted by Crippen LogP contribution is 2.39. The molecule has 3 heterocycles. The molecule has 0 aliphatic carbocycles. The summed E-state index contributed by atoms with van der Waals surface area (Å²) in [4.78, 5) is 21.9. The van der Waals surface area contributed by atoms with Crippen molar-refractivity contribution in [3.05, 3.63) is 39.7 Å². The van der Waals surface area contributed by atoms with Crippen LogP contribution in [0.1, 0.15) is 17.0 Å². The molecule has 0 radical (unpaired) electrons. The molecule has 1 aromatic carbocycles. The Morgan fingerprint density at radius 1 is 1.32 bits per heavy atom. The minimum Gasteiger partial charge on any atom is -0.494 e. The molecule has 2 aromatic heterocycles. The van der Waals surface area contributed by atoms with E-state index in [0.29, 0.717) is 32.6 Å². The monoisotopic (exact) mass is 549 g/mol. The molecule has 0 atom stereocenters. The van der Waals surface area contributed by atoms with Gasteiger partial charge < -0.3 is 13.9 Å². The standard InChI is InChI=1S/C20H21BrClN3O4S.ClH/c1-27-14-4-3-13(22)18-17(14)23-20(30-18)25(19(26)15-5-6-16(21)29-15)8-2-7-24-9-11-28-12-10-24;/h3-6H,2,7-12H2,1H3;1H. The molecule has 4 rings (SSSR count). The van der Waals surface area contributed by atoms with Gasteiger partial charge in [0.25, 0.3) is 5.91 Å². The molecule has 0 unspecified atom stereocenters. The minimum absolute atomic E-state index is 0. The highest BCUT2D eigenvalue weighted by atomic mass is 79.9. The smallest absolute Gasteiger partial charge is 0.295 e. The summed E-state index contributed by atoms with van der Waals surface area (Å²) in [5.41, 5.74) is 0.650. The molecule has 1 saturated heterocycles. The number of morpholine rings is 1. The first-order chi connectivity index (χ1) is 14.6. The number of benzene rings is 1. The number of nitrogens with zero attached hydrogens (tertiary/aromatic N) is 3. The number of carbonyl (C=O) groups is 1. The van der Waals surface area contributed by atoms with E-state index >= 15 is 0 Å². The van der Waals surface area contributed by atoms with Crippen molar-refractivity contribution in [1.82, 2.24) is 9.88 Å². The third-order valence-corrected chi connectivity index (χ3v) is 6.85. The third kappa shape index (κ3) is 5.53. The van der Waals surface area contributed by atoms with Crippen LogP contribution in [-0.4, -0.2) is 62.3 Å². The summed E-state index contributed by atoms with van der Waals surface area (Å²) >= 11 is 11.0. The Morgan fingerprint density at radius 2 is 2.10 bits per heavy atom. The fourth-order valence-corrected chi connectivity index (χ4v) is 4.93. The van der Waals surface area contributed by atoms with Gasteiger partial charge in [0.1, 0.15) is 11.3 Å². The number of ether oxygens (including phenoxy) is 2.